The van der Waals surface area contributed by atoms with Crippen molar-refractivity contribution in [2.24, 2.45) is 5.73 Å². The molecule has 0 saturated carbocycles. The molecule has 2 aromatic rings. The van der Waals surface area contributed by atoms with Crippen molar-refractivity contribution < 1.29 is 0 Å². The van der Waals surface area contributed by atoms with E-state index < -0.39 is 0 Å². The smallest absolute Gasteiger partial charge is 0.0834 e. The average molecular weight is 270 g/mol. The first-order valence-electron chi connectivity index (χ1n) is 5.59. The van der Waals surface area contributed by atoms with E-state index in [1.54, 1.807) is 17.5 Å². The highest BCUT2D eigenvalue weighted by atomic mass is 35.5. The molecule has 0 saturated heterocycles. The number of aromatic nitrogens is 2. The number of hydrogen-bond donors (Lipinski definition) is 1. The Balaban J connectivity index is 2.24. The van der Waals surface area contributed by atoms with E-state index in [0.29, 0.717) is 5.02 Å². The largest absolute Gasteiger partial charge is 0.322 e. The highest BCUT2D eigenvalue weighted by Crippen LogP contribution is 2.26. The van der Waals surface area contributed by atoms with Gasteiger partial charge in [0.25, 0.3) is 0 Å². The maximum atomic E-state index is 6.23. The molecular weight excluding hydrogens is 254 g/mol. The number of nitrogens with zero attached hydrogens (tertiary/aromatic N) is 2. The molecule has 0 spiro atoms. The summed E-state index contributed by atoms with van der Waals surface area (Å²) in [6.07, 6.45) is 2.46. The van der Waals surface area contributed by atoms with Gasteiger partial charge in [0.1, 0.15) is 0 Å². The number of rotatable bonds is 4. The van der Waals surface area contributed by atoms with Crippen LogP contribution in [0.3, 0.4) is 0 Å². The fraction of sp³-hybridized carbons (Fsp3) is 0.417. The minimum absolute atomic E-state index is 0.109. The molecule has 0 aliphatic carbocycles. The van der Waals surface area contributed by atoms with Gasteiger partial charge in [-0.3, -0.25) is 4.68 Å². The van der Waals surface area contributed by atoms with Crippen molar-refractivity contribution in [2.45, 2.75) is 32.4 Å². The minimum Gasteiger partial charge on any atom is -0.322 e. The lowest BCUT2D eigenvalue weighted by molar-refractivity contribution is 0.485. The van der Waals surface area contributed by atoms with E-state index in [-0.39, 0.29) is 12.1 Å². The van der Waals surface area contributed by atoms with Gasteiger partial charge in [-0.15, -0.1) is 0 Å². The molecule has 92 valence electrons. The second kappa shape index (κ2) is 5.21. The number of hydrogen-bond acceptors (Lipinski definition) is 3. The van der Waals surface area contributed by atoms with E-state index in [2.05, 4.69) is 35.8 Å². The summed E-state index contributed by atoms with van der Waals surface area (Å²) in [5, 5.41) is 9.10. The molecular formula is C12H16ClN3S. The van der Waals surface area contributed by atoms with Crippen LogP contribution in [0.15, 0.2) is 23.0 Å². The Bertz CT molecular complexity index is 476. The number of halogens is 1. The van der Waals surface area contributed by atoms with Crippen LogP contribution < -0.4 is 5.73 Å². The highest BCUT2D eigenvalue weighted by molar-refractivity contribution is 7.07. The van der Waals surface area contributed by atoms with Crippen molar-refractivity contribution in [1.82, 2.24) is 9.78 Å². The van der Waals surface area contributed by atoms with Crippen LogP contribution in [0.5, 0.6) is 0 Å². The van der Waals surface area contributed by atoms with Gasteiger partial charge < -0.3 is 5.73 Å². The summed E-state index contributed by atoms with van der Waals surface area (Å²) >= 11 is 7.85. The molecule has 1 unspecified atom stereocenters. The highest BCUT2D eigenvalue weighted by Gasteiger charge is 2.18. The first-order valence-corrected chi connectivity index (χ1v) is 6.91. The van der Waals surface area contributed by atoms with Crippen LogP contribution in [-0.2, 0) is 6.42 Å². The van der Waals surface area contributed by atoms with E-state index in [9.17, 15) is 0 Å². The van der Waals surface area contributed by atoms with Crippen LogP contribution in [-0.4, -0.2) is 9.78 Å². The van der Waals surface area contributed by atoms with Crippen LogP contribution in [0.25, 0.3) is 0 Å². The molecule has 0 aliphatic heterocycles. The van der Waals surface area contributed by atoms with Gasteiger partial charge in [-0.05, 0) is 42.7 Å². The third-order valence-corrected chi connectivity index (χ3v) is 3.69. The normalized spacial score (nSPS) is 13.2. The SMILES string of the molecule is CC(C)n1ncc(Cl)c1C(N)Cc1ccsc1. The van der Waals surface area contributed by atoms with Gasteiger partial charge in [0.15, 0.2) is 0 Å². The van der Waals surface area contributed by atoms with Crippen molar-refractivity contribution in [2.75, 3.05) is 0 Å². The molecule has 0 amide bonds. The molecule has 0 aliphatic rings. The standard InChI is InChI=1S/C12H16ClN3S/c1-8(2)16-12(10(13)6-15-16)11(14)5-9-3-4-17-7-9/h3-4,6-8,11H,5,14H2,1-2H3. The Morgan fingerprint density at radius 1 is 1.53 bits per heavy atom. The van der Waals surface area contributed by atoms with Crippen LogP contribution in [0.2, 0.25) is 5.02 Å². The van der Waals surface area contributed by atoms with Gasteiger partial charge in [-0.1, -0.05) is 11.6 Å². The zero-order valence-corrected chi connectivity index (χ0v) is 11.5. The molecule has 2 rings (SSSR count). The van der Waals surface area contributed by atoms with Gasteiger partial charge in [0, 0.05) is 6.04 Å². The Morgan fingerprint density at radius 3 is 2.88 bits per heavy atom. The Kier molecular flexibility index (Phi) is 3.86. The maximum absolute atomic E-state index is 6.23. The zero-order chi connectivity index (χ0) is 12.4. The summed E-state index contributed by atoms with van der Waals surface area (Å²) < 4.78 is 1.90. The third-order valence-electron chi connectivity index (χ3n) is 2.66. The summed E-state index contributed by atoms with van der Waals surface area (Å²) in [7, 11) is 0. The van der Waals surface area contributed by atoms with Crippen molar-refractivity contribution in [1.29, 1.82) is 0 Å². The fourth-order valence-electron chi connectivity index (χ4n) is 1.87. The van der Waals surface area contributed by atoms with E-state index in [1.807, 2.05) is 4.68 Å². The van der Waals surface area contributed by atoms with Crippen LogP contribution in [0, 0.1) is 0 Å². The van der Waals surface area contributed by atoms with E-state index in [1.165, 1.54) is 5.56 Å². The summed E-state index contributed by atoms with van der Waals surface area (Å²) in [5.41, 5.74) is 8.40. The quantitative estimate of drug-likeness (QED) is 0.924. The molecule has 17 heavy (non-hydrogen) atoms. The first-order chi connectivity index (χ1) is 8.09. The average Bonchev–Trinajstić information content (AvgIpc) is 2.86. The number of nitrogens with two attached hydrogens (primary N) is 1. The van der Waals surface area contributed by atoms with E-state index in [0.717, 1.165) is 12.1 Å². The molecule has 2 heterocycles. The predicted molar refractivity (Wildman–Crippen MR) is 72.6 cm³/mol. The lowest BCUT2D eigenvalue weighted by Crippen LogP contribution is -2.19. The predicted octanol–water partition coefficient (Wildman–Crippen LogP) is 3.42. The zero-order valence-electron chi connectivity index (χ0n) is 9.93. The lowest BCUT2D eigenvalue weighted by Gasteiger charge is -2.16. The van der Waals surface area contributed by atoms with Gasteiger partial charge in [-0.25, -0.2) is 0 Å². The van der Waals surface area contributed by atoms with E-state index >= 15 is 0 Å². The second-order valence-electron chi connectivity index (χ2n) is 4.36. The molecule has 0 bridgehead atoms. The van der Waals surface area contributed by atoms with Crippen LogP contribution >= 0.6 is 22.9 Å². The van der Waals surface area contributed by atoms with Crippen molar-refractivity contribution >= 4 is 22.9 Å². The van der Waals surface area contributed by atoms with Gasteiger partial charge in [0.05, 0.1) is 23.0 Å². The second-order valence-corrected chi connectivity index (χ2v) is 5.55. The van der Waals surface area contributed by atoms with Gasteiger partial charge in [0.2, 0.25) is 0 Å². The molecule has 2 aromatic heterocycles. The molecule has 0 fully saturated rings. The molecule has 5 heteroatoms. The molecule has 0 radical (unpaired) electrons. The van der Waals surface area contributed by atoms with Crippen molar-refractivity contribution in [3.8, 4) is 0 Å². The summed E-state index contributed by atoms with van der Waals surface area (Å²) in [6.45, 7) is 4.15. The fourth-order valence-corrected chi connectivity index (χ4v) is 2.82. The van der Waals surface area contributed by atoms with Gasteiger partial charge >= 0.3 is 0 Å². The van der Waals surface area contributed by atoms with Crippen molar-refractivity contribution in [3.63, 3.8) is 0 Å². The molecule has 1 atom stereocenters. The minimum atomic E-state index is -0.109. The van der Waals surface area contributed by atoms with Crippen molar-refractivity contribution in [3.05, 3.63) is 39.3 Å². The Morgan fingerprint density at radius 2 is 2.29 bits per heavy atom. The summed E-state index contributed by atoms with van der Waals surface area (Å²) in [4.78, 5) is 0. The van der Waals surface area contributed by atoms with E-state index in [4.69, 9.17) is 17.3 Å². The molecule has 2 N–H and O–H groups in total. The molecule has 0 aromatic carbocycles. The van der Waals surface area contributed by atoms with Crippen LogP contribution in [0.4, 0.5) is 0 Å². The monoisotopic (exact) mass is 269 g/mol. The maximum Gasteiger partial charge on any atom is 0.0834 e. The lowest BCUT2D eigenvalue weighted by atomic mass is 10.1. The van der Waals surface area contributed by atoms with Crippen LogP contribution in [0.1, 0.15) is 37.2 Å². The number of thiophene rings is 1. The third kappa shape index (κ3) is 2.70. The Hall–Kier alpha value is -0.840. The van der Waals surface area contributed by atoms with Gasteiger partial charge in [-0.2, -0.15) is 16.4 Å². The molecule has 3 nitrogen and oxygen atoms in total. The Labute approximate surface area is 110 Å². The summed E-state index contributed by atoms with van der Waals surface area (Å²) in [6, 6.07) is 2.25. The topological polar surface area (TPSA) is 43.8 Å². The summed E-state index contributed by atoms with van der Waals surface area (Å²) in [5.74, 6) is 0. The first kappa shape index (κ1) is 12.6.